The summed E-state index contributed by atoms with van der Waals surface area (Å²) in [4.78, 5) is 21.7. The third-order valence-corrected chi connectivity index (χ3v) is 9.65. The van der Waals surface area contributed by atoms with Crippen molar-refractivity contribution in [3.8, 4) is 11.5 Å². The van der Waals surface area contributed by atoms with Crippen LogP contribution in [0.5, 0.6) is 11.5 Å². The molecule has 0 spiro atoms. The molecule has 0 fully saturated rings. The minimum Gasteiger partial charge on any atom is -0.871 e. The van der Waals surface area contributed by atoms with Crippen molar-refractivity contribution in [2.45, 2.75) is 23.6 Å². The summed E-state index contributed by atoms with van der Waals surface area (Å²) < 4.78 is 65.0. The number of aromatic hydroxyl groups is 1. The maximum Gasteiger partial charge on any atom is 2.00 e. The van der Waals surface area contributed by atoms with Gasteiger partial charge >= 0.3 is 43.7 Å². The van der Waals surface area contributed by atoms with Crippen LogP contribution in [0.15, 0.2) is 127 Å². The zero-order chi connectivity index (χ0) is 39.5. The largest absolute Gasteiger partial charge is 2.00 e. The molecule has 276 valence electrons. The second-order valence-electron chi connectivity index (χ2n) is 11.5. The number of benzene rings is 6. The number of carbonyl (C=O) groups is 2. The van der Waals surface area contributed by atoms with Crippen molar-refractivity contribution in [2.24, 2.45) is 20.5 Å². The van der Waals surface area contributed by atoms with Gasteiger partial charge in [0.1, 0.15) is 32.4 Å². The number of hydrogen-bond donors (Lipinski definition) is 4. The van der Waals surface area contributed by atoms with E-state index in [1.807, 2.05) is 0 Å². The molecule has 0 saturated carbocycles. The average Bonchev–Trinajstić information content (AvgIpc) is 3.10. The Balaban J connectivity index is 0.000000240. The summed E-state index contributed by atoms with van der Waals surface area (Å²) in [5.74, 6) is -4.49. The summed E-state index contributed by atoms with van der Waals surface area (Å²) in [6.45, 7) is 3.13. The van der Waals surface area contributed by atoms with Crippen LogP contribution in [0.3, 0.4) is 0 Å². The predicted molar refractivity (Wildman–Crippen MR) is 196 cm³/mol. The monoisotopic (exact) mass is 810 g/mol. The summed E-state index contributed by atoms with van der Waals surface area (Å²) in [6.07, 6.45) is 0. The Hall–Kier alpha value is -5.34. The molecule has 0 heterocycles. The molecule has 0 radical (unpaired) electrons. The zero-order valence-electron chi connectivity index (χ0n) is 28.6. The van der Waals surface area contributed by atoms with Crippen molar-refractivity contribution in [3.63, 3.8) is 0 Å². The second kappa shape index (κ2) is 17.0. The number of carboxylic acids is 2. The van der Waals surface area contributed by atoms with Crippen LogP contribution < -0.4 is 10.2 Å². The van der Waals surface area contributed by atoms with Crippen LogP contribution >= 0.6 is 0 Å². The fourth-order valence-corrected chi connectivity index (χ4v) is 6.67. The molecular formula is C36H26CaN4O12S2. The van der Waals surface area contributed by atoms with Crippen LogP contribution in [0, 0.1) is 13.8 Å². The zero-order valence-corrected chi connectivity index (χ0v) is 32.4. The number of phenols is 1. The van der Waals surface area contributed by atoms with E-state index in [1.165, 1.54) is 30.3 Å². The maximum absolute atomic E-state index is 12.5. The summed E-state index contributed by atoms with van der Waals surface area (Å²) in [5.41, 5.74) is -0.767. The van der Waals surface area contributed by atoms with E-state index in [4.69, 9.17) is 0 Å². The Morgan fingerprint density at radius 2 is 1.00 bits per heavy atom. The molecule has 16 nitrogen and oxygen atoms in total. The molecule has 0 aliphatic heterocycles. The van der Waals surface area contributed by atoms with Gasteiger partial charge in [-0.25, -0.2) is 4.79 Å². The van der Waals surface area contributed by atoms with Gasteiger partial charge in [0.25, 0.3) is 20.2 Å². The van der Waals surface area contributed by atoms with Gasteiger partial charge in [-0.3, -0.25) is 9.11 Å². The Morgan fingerprint density at radius 1 is 0.600 bits per heavy atom. The van der Waals surface area contributed by atoms with Crippen molar-refractivity contribution in [1.29, 1.82) is 0 Å². The van der Waals surface area contributed by atoms with E-state index in [-0.39, 0.29) is 66.1 Å². The molecule has 0 saturated heterocycles. The second-order valence-corrected chi connectivity index (χ2v) is 14.2. The fraction of sp³-hybridized carbons (Fsp3) is 0.0556. The van der Waals surface area contributed by atoms with Crippen molar-refractivity contribution < 1.29 is 56.0 Å². The van der Waals surface area contributed by atoms with Crippen LogP contribution in [0.4, 0.5) is 22.7 Å². The number of aryl methyl sites for hydroxylation is 2. The fourth-order valence-electron chi connectivity index (χ4n) is 5.28. The van der Waals surface area contributed by atoms with Crippen LogP contribution in [0.2, 0.25) is 0 Å². The van der Waals surface area contributed by atoms with E-state index in [2.05, 4.69) is 20.5 Å². The van der Waals surface area contributed by atoms with E-state index in [9.17, 15) is 56.0 Å². The number of aromatic carboxylic acids is 2. The van der Waals surface area contributed by atoms with Gasteiger partial charge in [-0.05, 0) is 65.6 Å². The number of carboxylic acid groups (broad SMARTS) is 2. The minimum atomic E-state index is -4.57. The molecule has 0 aliphatic carbocycles. The van der Waals surface area contributed by atoms with E-state index in [0.29, 0.717) is 32.7 Å². The molecule has 0 unspecified atom stereocenters. The van der Waals surface area contributed by atoms with Gasteiger partial charge < -0.3 is 25.2 Å². The van der Waals surface area contributed by atoms with Crippen molar-refractivity contribution in [3.05, 3.63) is 119 Å². The Labute approximate surface area is 342 Å². The van der Waals surface area contributed by atoms with Crippen LogP contribution in [0.25, 0.3) is 21.5 Å². The summed E-state index contributed by atoms with van der Waals surface area (Å²) in [5, 5.41) is 60.5. The third kappa shape index (κ3) is 9.31. The molecule has 0 bridgehead atoms. The van der Waals surface area contributed by atoms with Crippen LogP contribution in [-0.2, 0) is 20.2 Å². The van der Waals surface area contributed by atoms with E-state index < -0.39 is 59.0 Å². The third-order valence-electron chi connectivity index (χ3n) is 7.88. The van der Waals surface area contributed by atoms with Gasteiger partial charge in [0.05, 0.1) is 11.7 Å². The van der Waals surface area contributed by atoms with E-state index in [0.717, 1.165) is 6.07 Å². The molecule has 6 aromatic carbocycles. The molecule has 0 aliphatic rings. The summed E-state index contributed by atoms with van der Waals surface area (Å²) >= 11 is 0. The van der Waals surface area contributed by atoms with Gasteiger partial charge in [0.2, 0.25) is 0 Å². The quantitative estimate of drug-likeness (QED) is 0.0773. The first-order chi connectivity index (χ1) is 25.4. The van der Waals surface area contributed by atoms with Gasteiger partial charge in [-0.15, -0.1) is 15.3 Å². The Bertz CT molecular complexity index is 2600. The molecule has 6 rings (SSSR count). The number of rotatable bonds is 8. The first kappa shape index (κ1) is 42.4. The average molecular weight is 811 g/mol. The SMILES string of the molecule is Cc1cccc(S(=O)(=O)O)c1N=Nc1c(O)c(C(=O)O)cc2ccccc12.Cc1cccc(S(=O)(=O)O)c1N=Nc1c([O-])c(C(=O)[O-])cc2ccccc12.[Ca+2]. The number of azo groups is 2. The molecular weight excluding hydrogens is 785 g/mol. The summed E-state index contributed by atoms with van der Waals surface area (Å²) in [6, 6.07) is 23.9. The van der Waals surface area contributed by atoms with Gasteiger partial charge in [0.15, 0.2) is 5.75 Å². The molecule has 19 heteroatoms. The molecule has 0 aromatic heterocycles. The smallest absolute Gasteiger partial charge is 0.871 e. The Morgan fingerprint density at radius 3 is 1.44 bits per heavy atom. The first-order valence-corrected chi connectivity index (χ1v) is 18.2. The van der Waals surface area contributed by atoms with Gasteiger partial charge in [0, 0.05) is 10.8 Å². The first-order valence-electron chi connectivity index (χ1n) is 15.3. The van der Waals surface area contributed by atoms with Crippen molar-refractivity contribution >= 4 is 114 Å². The number of carbonyl (C=O) groups excluding carboxylic acids is 1. The number of fused-ring (bicyclic) bond motifs is 2. The van der Waals surface area contributed by atoms with E-state index in [1.54, 1.807) is 74.5 Å². The molecule has 0 atom stereocenters. The Kier molecular flexibility index (Phi) is 13.1. The van der Waals surface area contributed by atoms with Crippen LogP contribution in [-0.4, -0.2) is 85.8 Å². The van der Waals surface area contributed by atoms with E-state index >= 15 is 0 Å². The van der Waals surface area contributed by atoms with Gasteiger partial charge in [-0.2, -0.15) is 21.9 Å². The minimum absolute atomic E-state index is 0. The topological polar surface area (TPSA) is 279 Å². The maximum atomic E-state index is 12.5. The molecule has 0 amide bonds. The molecule has 4 N–H and O–H groups in total. The van der Waals surface area contributed by atoms with Crippen LogP contribution in [0.1, 0.15) is 31.8 Å². The molecule has 6 aromatic rings. The number of hydrogen-bond acceptors (Lipinski definition) is 13. The normalized spacial score (nSPS) is 11.7. The van der Waals surface area contributed by atoms with Crippen molar-refractivity contribution in [1.82, 2.24) is 0 Å². The standard InChI is InChI=1S/2C18H14N2O6S.Ca/c2*1-10-5-4-8-14(27(24,25)26)15(10)19-20-16-12-7-3-2-6-11(12)9-13(17(16)21)18(22)23;/h2*2-9,21H,1H3,(H,22,23)(H,24,25,26);/q;;+2/p-2. The van der Waals surface area contributed by atoms with Gasteiger partial charge in [-0.1, -0.05) is 78.5 Å². The summed E-state index contributed by atoms with van der Waals surface area (Å²) in [7, 11) is -9.12. The number of nitrogens with zero attached hydrogens (tertiary/aromatic N) is 4. The van der Waals surface area contributed by atoms with Crippen molar-refractivity contribution in [2.75, 3.05) is 0 Å². The predicted octanol–water partition coefficient (Wildman–Crippen LogP) is 6.08. The molecule has 55 heavy (non-hydrogen) atoms.